The van der Waals surface area contributed by atoms with Gasteiger partial charge in [-0.1, -0.05) is 48.0 Å². The first kappa shape index (κ1) is 21.3. The van der Waals surface area contributed by atoms with Crippen LogP contribution in [0.2, 0.25) is 5.02 Å². The van der Waals surface area contributed by atoms with Crippen molar-refractivity contribution in [2.75, 3.05) is 51.7 Å². The summed E-state index contributed by atoms with van der Waals surface area (Å²) in [7, 11) is 3.96. The first-order valence-electron chi connectivity index (χ1n) is 10.4. The fraction of sp³-hybridized carbons (Fsp3) is 0.292. The van der Waals surface area contributed by atoms with E-state index in [1.807, 2.05) is 72.4 Å². The van der Waals surface area contributed by atoms with Crippen LogP contribution < -0.4 is 4.90 Å². The van der Waals surface area contributed by atoms with Crippen molar-refractivity contribution < 1.29 is 4.79 Å². The topological polar surface area (TPSA) is 52.6 Å². The van der Waals surface area contributed by atoms with Crippen LogP contribution in [0, 0.1) is 0 Å². The van der Waals surface area contributed by atoms with Crippen molar-refractivity contribution in [3.05, 3.63) is 66.0 Å². The summed E-state index contributed by atoms with van der Waals surface area (Å²) in [6.07, 6.45) is 5.17. The molecule has 0 spiro atoms. The number of amides is 1. The number of benzene rings is 2. The van der Waals surface area contributed by atoms with Gasteiger partial charge in [0.2, 0.25) is 5.91 Å². The summed E-state index contributed by atoms with van der Waals surface area (Å²) in [6.45, 7) is 3.51. The summed E-state index contributed by atoms with van der Waals surface area (Å²) >= 11 is 6.65. The van der Waals surface area contributed by atoms with Crippen molar-refractivity contribution in [3.63, 3.8) is 0 Å². The summed E-state index contributed by atoms with van der Waals surface area (Å²) < 4.78 is 0. The highest BCUT2D eigenvalue weighted by Crippen LogP contribution is 2.34. The minimum Gasteiger partial charge on any atom is -0.352 e. The molecule has 1 aromatic heterocycles. The zero-order valence-electron chi connectivity index (χ0n) is 17.8. The van der Waals surface area contributed by atoms with Gasteiger partial charge in [0.05, 0.1) is 5.52 Å². The van der Waals surface area contributed by atoms with Gasteiger partial charge in [0, 0.05) is 54.8 Å². The Kier molecular flexibility index (Phi) is 6.49. The van der Waals surface area contributed by atoms with E-state index >= 15 is 0 Å². The van der Waals surface area contributed by atoms with E-state index in [4.69, 9.17) is 11.6 Å². The van der Waals surface area contributed by atoms with Crippen LogP contribution in [-0.4, -0.2) is 72.5 Å². The zero-order valence-corrected chi connectivity index (χ0v) is 18.6. The third kappa shape index (κ3) is 4.86. The molecule has 1 aliphatic heterocycles. The molecule has 1 amide bonds. The molecule has 6 nitrogen and oxygen atoms in total. The Hall–Kier alpha value is -2.96. The van der Waals surface area contributed by atoms with Crippen LogP contribution in [0.5, 0.6) is 0 Å². The molecule has 31 heavy (non-hydrogen) atoms. The minimum absolute atomic E-state index is 0.0598. The fourth-order valence-electron chi connectivity index (χ4n) is 3.76. The number of likely N-dealkylation sites (N-methyl/N-ethyl adjacent to an activating group) is 1. The van der Waals surface area contributed by atoms with Crippen LogP contribution in [0.4, 0.5) is 5.82 Å². The predicted molar refractivity (Wildman–Crippen MR) is 126 cm³/mol. The number of carbonyl (C=O) groups is 1. The van der Waals surface area contributed by atoms with Gasteiger partial charge in [-0.05, 0) is 31.8 Å². The highest BCUT2D eigenvalue weighted by Gasteiger charge is 2.22. The van der Waals surface area contributed by atoms with Gasteiger partial charge in [-0.2, -0.15) is 0 Å². The van der Waals surface area contributed by atoms with E-state index in [1.165, 1.54) is 0 Å². The average molecular weight is 436 g/mol. The van der Waals surface area contributed by atoms with Gasteiger partial charge in [0.25, 0.3) is 0 Å². The lowest BCUT2D eigenvalue weighted by molar-refractivity contribution is -0.126. The average Bonchev–Trinajstić information content (AvgIpc) is 2.78. The summed E-state index contributed by atoms with van der Waals surface area (Å²) in [6, 6.07) is 14.0. The van der Waals surface area contributed by atoms with Crippen molar-refractivity contribution in [3.8, 4) is 11.1 Å². The van der Waals surface area contributed by atoms with Gasteiger partial charge in [-0.3, -0.25) is 4.79 Å². The number of aromatic nitrogens is 2. The normalized spacial score (nSPS) is 14.7. The molecule has 0 atom stereocenters. The van der Waals surface area contributed by atoms with Crippen molar-refractivity contribution in [1.82, 2.24) is 19.8 Å². The zero-order chi connectivity index (χ0) is 21.8. The number of nitrogens with zero attached hydrogens (tertiary/aromatic N) is 5. The largest absolute Gasteiger partial charge is 0.352 e. The number of halogens is 1. The number of hydrogen-bond acceptors (Lipinski definition) is 5. The molecule has 2 aromatic carbocycles. The van der Waals surface area contributed by atoms with Crippen LogP contribution in [0.3, 0.4) is 0 Å². The number of rotatable bonds is 5. The second kappa shape index (κ2) is 9.45. The van der Waals surface area contributed by atoms with E-state index < -0.39 is 0 Å². The van der Waals surface area contributed by atoms with Crippen molar-refractivity contribution in [1.29, 1.82) is 0 Å². The molecule has 2 heterocycles. The molecular weight excluding hydrogens is 410 g/mol. The van der Waals surface area contributed by atoms with Crippen molar-refractivity contribution in [2.45, 2.75) is 0 Å². The monoisotopic (exact) mass is 435 g/mol. The molecule has 160 valence electrons. The number of hydrogen-bond donors (Lipinski definition) is 0. The third-order valence-corrected chi connectivity index (χ3v) is 5.72. The van der Waals surface area contributed by atoms with Gasteiger partial charge in [0.15, 0.2) is 0 Å². The Morgan fingerprint density at radius 1 is 1.10 bits per heavy atom. The van der Waals surface area contributed by atoms with Crippen LogP contribution in [0.15, 0.2) is 60.9 Å². The van der Waals surface area contributed by atoms with Crippen molar-refractivity contribution in [2.24, 2.45) is 0 Å². The molecule has 0 saturated carbocycles. The quantitative estimate of drug-likeness (QED) is 0.572. The molecule has 0 radical (unpaired) electrons. The molecule has 1 saturated heterocycles. The van der Waals surface area contributed by atoms with Gasteiger partial charge >= 0.3 is 0 Å². The van der Waals surface area contributed by atoms with Crippen LogP contribution in [0.25, 0.3) is 22.0 Å². The lowest BCUT2D eigenvalue weighted by Crippen LogP contribution is -2.48. The van der Waals surface area contributed by atoms with Gasteiger partial charge in [-0.25, -0.2) is 9.97 Å². The summed E-state index contributed by atoms with van der Waals surface area (Å²) in [4.78, 5) is 27.5. The fourth-order valence-corrected chi connectivity index (χ4v) is 4.04. The summed E-state index contributed by atoms with van der Waals surface area (Å²) in [5.41, 5.74) is 2.88. The van der Waals surface area contributed by atoms with Crippen molar-refractivity contribution >= 4 is 34.2 Å². The van der Waals surface area contributed by atoms with E-state index in [0.717, 1.165) is 47.5 Å². The standard InChI is InChI=1S/C24H26ClN5O/c1-28(2)10-6-9-23(31)29-11-13-30(14-12-29)24-20-15-21(25)19(16-22(20)26-17-27-24)18-7-4-3-5-8-18/h3-9,15-17H,10-14H2,1-2H3. The second-order valence-electron chi connectivity index (χ2n) is 7.89. The summed E-state index contributed by atoms with van der Waals surface area (Å²) in [5, 5.41) is 1.60. The van der Waals surface area contributed by atoms with Gasteiger partial charge in [0.1, 0.15) is 12.1 Å². The second-order valence-corrected chi connectivity index (χ2v) is 8.30. The Balaban J connectivity index is 1.52. The van der Waals surface area contributed by atoms with E-state index in [1.54, 1.807) is 12.4 Å². The maximum Gasteiger partial charge on any atom is 0.246 e. The maximum absolute atomic E-state index is 12.4. The Bertz CT molecular complexity index is 1090. The lowest BCUT2D eigenvalue weighted by Gasteiger charge is -2.35. The Morgan fingerprint density at radius 3 is 2.55 bits per heavy atom. The van der Waals surface area contributed by atoms with Crippen LogP contribution in [0.1, 0.15) is 0 Å². The molecule has 1 aliphatic rings. The Labute approximate surface area is 187 Å². The number of carbonyl (C=O) groups excluding carboxylic acids is 1. The SMILES string of the molecule is CN(C)CC=CC(=O)N1CCN(c2ncnc3cc(-c4ccccc4)c(Cl)cc23)CC1. The highest BCUT2D eigenvalue weighted by molar-refractivity contribution is 6.34. The first-order valence-corrected chi connectivity index (χ1v) is 10.8. The van der Waals surface area contributed by atoms with Gasteiger partial charge < -0.3 is 14.7 Å². The molecular formula is C24H26ClN5O. The summed E-state index contributed by atoms with van der Waals surface area (Å²) in [5.74, 6) is 0.923. The molecule has 3 aromatic rings. The smallest absolute Gasteiger partial charge is 0.246 e. The molecule has 4 rings (SSSR count). The predicted octanol–water partition coefficient (Wildman–Crippen LogP) is 3.72. The molecule has 0 bridgehead atoms. The van der Waals surface area contributed by atoms with E-state index in [9.17, 15) is 4.79 Å². The maximum atomic E-state index is 12.4. The molecule has 0 aliphatic carbocycles. The molecule has 0 N–H and O–H groups in total. The van der Waals surface area contributed by atoms with E-state index in [-0.39, 0.29) is 5.91 Å². The van der Waals surface area contributed by atoms with Crippen LogP contribution in [-0.2, 0) is 4.79 Å². The van der Waals surface area contributed by atoms with E-state index in [0.29, 0.717) is 18.1 Å². The lowest BCUT2D eigenvalue weighted by atomic mass is 10.0. The highest BCUT2D eigenvalue weighted by atomic mass is 35.5. The third-order valence-electron chi connectivity index (χ3n) is 5.41. The molecule has 0 unspecified atom stereocenters. The van der Waals surface area contributed by atoms with Gasteiger partial charge in [-0.15, -0.1) is 0 Å². The van der Waals surface area contributed by atoms with Crippen LogP contribution >= 0.6 is 11.6 Å². The molecule has 1 fully saturated rings. The number of anilines is 1. The molecule has 7 heteroatoms. The van der Waals surface area contributed by atoms with E-state index in [2.05, 4.69) is 14.9 Å². The first-order chi connectivity index (χ1) is 15.0. The number of fused-ring (bicyclic) bond motifs is 1. The minimum atomic E-state index is 0.0598. The Morgan fingerprint density at radius 2 is 1.84 bits per heavy atom. The number of piperazine rings is 1.